The molecule has 232 valence electrons. The number of amides is 3. The third-order valence-corrected chi connectivity index (χ3v) is 6.77. The van der Waals surface area contributed by atoms with Crippen molar-refractivity contribution in [3.05, 3.63) is 53.5 Å². The van der Waals surface area contributed by atoms with E-state index in [2.05, 4.69) is 15.6 Å². The van der Waals surface area contributed by atoms with Gasteiger partial charge in [-0.25, -0.2) is 14.0 Å². The Bertz CT molecular complexity index is 1500. The van der Waals surface area contributed by atoms with Gasteiger partial charge in [0.2, 0.25) is 0 Å². The fourth-order valence-electron chi connectivity index (χ4n) is 5.04. The van der Waals surface area contributed by atoms with Crippen molar-refractivity contribution in [2.75, 3.05) is 20.2 Å². The summed E-state index contributed by atoms with van der Waals surface area (Å²) in [6.45, 7) is 11.4. The number of methoxy groups -OCH3 is 1. The van der Waals surface area contributed by atoms with Crippen LogP contribution in [0.5, 0.6) is 5.75 Å². The largest absolute Gasteiger partial charge is 0.497 e. The second-order valence-electron chi connectivity index (χ2n) is 12.7. The summed E-state index contributed by atoms with van der Waals surface area (Å²) in [6, 6.07) is 9.44. The van der Waals surface area contributed by atoms with Crippen LogP contribution in [-0.4, -0.2) is 65.4 Å². The molecule has 0 unspecified atom stereocenters. The first-order valence-corrected chi connectivity index (χ1v) is 14.4. The molecule has 0 aliphatic carbocycles. The smallest absolute Gasteiger partial charge is 0.407 e. The van der Waals surface area contributed by atoms with Gasteiger partial charge in [-0.05, 0) is 95.8 Å². The van der Waals surface area contributed by atoms with Crippen LogP contribution in [0.15, 0.2) is 36.4 Å². The Morgan fingerprint density at radius 1 is 1.02 bits per heavy atom. The quantitative estimate of drug-likeness (QED) is 0.269. The zero-order valence-corrected chi connectivity index (χ0v) is 25.9. The number of aromatic amines is 1. The summed E-state index contributed by atoms with van der Waals surface area (Å²) in [4.78, 5) is 43.8. The highest BCUT2D eigenvalue weighted by atomic mass is 19.1. The molecule has 0 saturated heterocycles. The summed E-state index contributed by atoms with van der Waals surface area (Å²) < 4.78 is 30.6. The first-order chi connectivity index (χ1) is 20.1. The molecule has 11 heteroatoms. The van der Waals surface area contributed by atoms with E-state index in [0.29, 0.717) is 47.3 Å². The number of rotatable bonds is 8. The Hall–Kier alpha value is -4.28. The number of fused-ring (bicyclic) bond motifs is 5. The van der Waals surface area contributed by atoms with E-state index in [1.165, 1.54) is 12.1 Å². The number of nitrogens with zero attached hydrogens (tertiary/aromatic N) is 1. The molecule has 0 saturated carbocycles. The highest BCUT2D eigenvalue weighted by Gasteiger charge is 2.32. The monoisotopic (exact) mass is 596 g/mol. The van der Waals surface area contributed by atoms with Crippen LogP contribution in [0.2, 0.25) is 0 Å². The molecule has 1 aromatic heterocycles. The van der Waals surface area contributed by atoms with E-state index in [1.807, 2.05) is 18.2 Å². The topological polar surface area (TPSA) is 122 Å². The van der Waals surface area contributed by atoms with Gasteiger partial charge in [0.05, 0.1) is 7.11 Å². The van der Waals surface area contributed by atoms with Gasteiger partial charge in [0.1, 0.15) is 28.5 Å². The van der Waals surface area contributed by atoms with Crippen LogP contribution in [-0.2, 0) is 16.0 Å². The van der Waals surface area contributed by atoms with E-state index < -0.39 is 35.2 Å². The summed E-state index contributed by atoms with van der Waals surface area (Å²) in [7, 11) is 1.57. The Kier molecular flexibility index (Phi) is 9.22. The lowest BCUT2D eigenvalue weighted by molar-refractivity contribution is 0.0465. The van der Waals surface area contributed by atoms with E-state index in [4.69, 9.17) is 14.2 Å². The molecule has 0 bridgehead atoms. The molecule has 3 amide bonds. The van der Waals surface area contributed by atoms with Crippen molar-refractivity contribution in [3.63, 3.8) is 0 Å². The number of halogens is 1. The van der Waals surface area contributed by atoms with Crippen molar-refractivity contribution in [2.24, 2.45) is 0 Å². The van der Waals surface area contributed by atoms with Crippen LogP contribution in [0.4, 0.5) is 14.0 Å². The van der Waals surface area contributed by atoms with E-state index >= 15 is 0 Å². The molecule has 2 aromatic carbocycles. The molecule has 3 aromatic rings. The number of benzene rings is 2. The number of carbonyl (C=O) groups is 3. The normalized spacial score (nSPS) is 14.0. The van der Waals surface area contributed by atoms with Gasteiger partial charge in [-0.3, -0.25) is 4.79 Å². The van der Waals surface area contributed by atoms with Crippen molar-refractivity contribution in [1.82, 2.24) is 20.5 Å². The fraction of sp³-hybridized carbons (Fsp3) is 0.469. The van der Waals surface area contributed by atoms with Crippen LogP contribution in [0.25, 0.3) is 22.0 Å². The molecule has 1 aliphatic rings. The Balaban J connectivity index is 1.62. The maximum atomic E-state index is 14.4. The minimum absolute atomic E-state index is 0.166. The van der Waals surface area contributed by atoms with E-state index in [9.17, 15) is 18.8 Å². The minimum Gasteiger partial charge on any atom is -0.497 e. The maximum absolute atomic E-state index is 14.4. The first kappa shape index (κ1) is 31.7. The SMILES string of the molecule is COc1ccc2c(c1)-c1c([nH]c3ccc(F)cc13)C(=O)N(C[C@H](CCCNC(=O)OC(C)(C)C)NC(=O)OC(C)(C)C)C2. The zero-order valence-electron chi connectivity index (χ0n) is 25.9. The molecule has 2 heterocycles. The predicted octanol–water partition coefficient (Wildman–Crippen LogP) is 6.14. The number of hydrogen-bond donors (Lipinski definition) is 3. The van der Waals surface area contributed by atoms with Crippen molar-refractivity contribution in [1.29, 1.82) is 0 Å². The second kappa shape index (κ2) is 12.5. The van der Waals surface area contributed by atoms with Gasteiger partial charge >= 0.3 is 12.2 Å². The van der Waals surface area contributed by atoms with Crippen LogP contribution in [0.3, 0.4) is 0 Å². The van der Waals surface area contributed by atoms with Gasteiger partial charge in [0.25, 0.3) is 5.91 Å². The lowest BCUT2D eigenvalue weighted by Crippen LogP contribution is -2.47. The fourth-order valence-corrected chi connectivity index (χ4v) is 5.04. The van der Waals surface area contributed by atoms with Gasteiger partial charge < -0.3 is 34.7 Å². The number of alkyl carbamates (subject to hydrolysis) is 2. The standard InChI is InChI=1S/C32H41FN4O6/c1-31(2,3)42-29(39)34-14-8-9-21(35-30(40)43-32(4,5)6)18-37-17-19-10-12-22(41-7)16-23(19)26-24-15-20(33)11-13-25(24)36-27(26)28(37)38/h10-13,15-16,21,36H,8-9,14,17-18H2,1-7H3,(H,34,39)(H,35,40)/t21-/m0/s1. The highest BCUT2D eigenvalue weighted by molar-refractivity contribution is 6.11. The molecule has 1 aliphatic heterocycles. The molecule has 0 radical (unpaired) electrons. The van der Waals surface area contributed by atoms with Crippen molar-refractivity contribution in [2.45, 2.75) is 78.2 Å². The summed E-state index contributed by atoms with van der Waals surface area (Å²) in [5.74, 6) is -0.0862. The zero-order chi connectivity index (χ0) is 31.5. The summed E-state index contributed by atoms with van der Waals surface area (Å²) in [5.41, 5.74) is 1.85. The van der Waals surface area contributed by atoms with Crippen molar-refractivity contribution >= 4 is 29.0 Å². The molecule has 10 nitrogen and oxygen atoms in total. The summed E-state index contributed by atoms with van der Waals surface area (Å²) in [6.07, 6.45) is -0.181. The van der Waals surface area contributed by atoms with Crippen LogP contribution in [0, 0.1) is 5.82 Å². The summed E-state index contributed by atoms with van der Waals surface area (Å²) >= 11 is 0. The molecule has 0 fully saturated rings. The van der Waals surface area contributed by atoms with Crippen molar-refractivity contribution in [3.8, 4) is 16.9 Å². The molecule has 43 heavy (non-hydrogen) atoms. The number of carbonyl (C=O) groups excluding carboxylic acids is 3. The lowest BCUT2D eigenvalue weighted by atomic mass is 9.97. The molecular weight excluding hydrogens is 555 g/mol. The van der Waals surface area contributed by atoms with E-state index in [1.54, 1.807) is 59.6 Å². The van der Waals surface area contributed by atoms with Gasteiger partial charge in [-0.2, -0.15) is 0 Å². The highest BCUT2D eigenvalue weighted by Crippen LogP contribution is 2.40. The third kappa shape index (κ3) is 8.18. The summed E-state index contributed by atoms with van der Waals surface area (Å²) in [5, 5.41) is 6.24. The first-order valence-electron chi connectivity index (χ1n) is 14.4. The number of H-pyrrole nitrogens is 1. The third-order valence-electron chi connectivity index (χ3n) is 6.77. The van der Waals surface area contributed by atoms with Gasteiger partial charge in [-0.1, -0.05) is 6.07 Å². The van der Waals surface area contributed by atoms with Crippen LogP contribution < -0.4 is 15.4 Å². The number of ether oxygens (including phenoxy) is 3. The Morgan fingerprint density at radius 2 is 1.72 bits per heavy atom. The lowest BCUT2D eigenvalue weighted by Gasteiger charge is -2.29. The minimum atomic E-state index is -0.710. The molecular formula is C32H41FN4O6. The predicted molar refractivity (Wildman–Crippen MR) is 162 cm³/mol. The molecule has 3 N–H and O–H groups in total. The van der Waals surface area contributed by atoms with E-state index in [0.717, 1.165) is 11.1 Å². The Labute approximate surface area is 251 Å². The second-order valence-corrected chi connectivity index (χ2v) is 12.7. The average Bonchev–Trinajstić information content (AvgIpc) is 3.21. The van der Waals surface area contributed by atoms with Gasteiger partial charge in [0, 0.05) is 42.1 Å². The number of aromatic nitrogens is 1. The van der Waals surface area contributed by atoms with Crippen LogP contribution >= 0.6 is 0 Å². The average molecular weight is 597 g/mol. The van der Waals surface area contributed by atoms with Gasteiger partial charge in [0.15, 0.2) is 0 Å². The number of nitrogens with one attached hydrogen (secondary N) is 3. The van der Waals surface area contributed by atoms with Gasteiger partial charge in [-0.15, -0.1) is 0 Å². The molecule has 0 spiro atoms. The molecule has 1 atom stereocenters. The Morgan fingerprint density at radius 3 is 2.40 bits per heavy atom. The van der Waals surface area contributed by atoms with Crippen molar-refractivity contribution < 1.29 is 33.0 Å². The van der Waals surface area contributed by atoms with Crippen LogP contribution in [0.1, 0.15) is 70.4 Å². The van der Waals surface area contributed by atoms with E-state index in [-0.39, 0.29) is 19.0 Å². The maximum Gasteiger partial charge on any atom is 0.407 e. The molecule has 4 rings (SSSR count). The number of hydrogen-bond acceptors (Lipinski definition) is 6.